The zero-order valence-corrected chi connectivity index (χ0v) is 11.2. The molecule has 0 bridgehead atoms. The van der Waals surface area contributed by atoms with Crippen LogP contribution in [-0.4, -0.2) is 29.0 Å². The Hall–Kier alpha value is -0.870. The summed E-state index contributed by atoms with van der Waals surface area (Å²) in [5.41, 5.74) is 2.84. The molecule has 1 aliphatic carbocycles. The molecule has 1 aromatic heterocycles. The van der Waals surface area contributed by atoms with Crippen LogP contribution in [0.2, 0.25) is 0 Å². The topological polar surface area (TPSA) is 39.1 Å². The maximum absolute atomic E-state index is 5.53. The number of rotatable bonds is 2. The number of aromatic nitrogens is 2. The molecule has 0 aromatic carbocycles. The van der Waals surface area contributed by atoms with Crippen molar-refractivity contribution in [1.29, 1.82) is 0 Å². The van der Waals surface area contributed by atoms with Crippen molar-refractivity contribution >= 4 is 0 Å². The third-order valence-electron chi connectivity index (χ3n) is 4.26. The fourth-order valence-corrected chi connectivity index (χ4v) is 3.23. The van der Waals surface area contributed by atoms with Crippen molar-refractivity contribution in [3.63, 3.8) is 0 Å². The average Bonchev–Trinajstić information content (AvgIpc) is 2.62. The third-order valence-corrected chi connectivity index (χ3v) is 4.26. The van der Waals surface area contributed by atoms with Gasteiger partial charge in [-0.25, -0.2) is 0 Å². The SMILES string of the molecule is Cn1ncc2c1CCCC2NC1CCCOCC1. The van der Waals surface area contributed by atoms with Crippen LogP contribution in [0.15, 0.2) is 6.20 Å². The van der Waals surface area contributed by atoms with Crippen molar-refractivity contribution in [1.82, 2.24) is 15.1 Å². The van der Waals surface area contributed by atoms with Crippen LogP contribution in [0, 0.1) is 0 Å². The van der Waals surface area contributed by atoms with Gasteiger partial charge < -0.3 is 10.1 Å². The summed E-state index contributed by atoms with van der Waals surface area (Å²) >= 11 is 0. The van der Waals surface area contributed by atoms with Gasteiger partial charge in [0.2, 0.25) is 0 Å². The number of aryl methyl sites for hydroxylation is 1. The van der Waals surface area contributed by atoms with Crippen molar-refractivity contribution < 1.29 is 4.74 Å². The Morgan fingerprint density at radius 3 is 3.17 bits per heavy atom. The van der Waals surface area contributed by atoms with Crippen LogP contribution in [0.3, 0.4) is 0 Å². The monoisotopic (exact) mass is 249 g/mol. The lowest BCUT2D eigenvalue weighted by Crippen LogP contribution is -2.34. The Morgan fingerprint density at radius 2 is 2.22 bits per heavy atom. The molecule has 1 aliphatic heterocycles. The second-order valence-electron chi connectivity index (χ2n) is 5.52. The second-order valence-corrected chi connectivity index (χ2v) is 5.52. The summed E-state index contributed by atoms with van der Waals surface area (Å²) in [6.07, 6.45) is 9.32. The van der Waals surface area contributed by atoms with Gasteiger partial charge in [0.25, 0.3) is 0 Å². The van der Waals surface area contributed by atoms with Gasteiger partial charge in [-0.2, -0.15) is 5.10 Å². The molecule has 0 spiro atoms. The molecular weight excluding hydrogens is 226 g/mol. The second kappa shape index (κ2) is 5.41. The highest BCUT2D eigenvalue weighted by Gasteiger charge is 2.25. The zero-order chi connectivity index (χ0) is 12.4. The summed E-state index contributed by atoms with van der Waals surface area (Å²) in [6, 6.07) is 1.12. The van der Waals surface area contributed by atoms with E-state index in [1.54, 1.807) is 0 Å². The first-order valence-electron chi connectivity index (χ1n) is 7.19. The Balaban J connectivity index is 1.69. The first-order chi connectivity index (χ1) is 8.84. The molecule has 18 heavy (non-hydrogen) atoms. The van der Waals surface area contributed by atoms with Crippen molar-refractivity contribution in [2.75, 3.05) is 13.2 Å². The molecule has 3 rings (SSSR count). The van der Waals surface area contributed by atoms with Crippen molar-refractivity contribution in [3.8, 4) is 0 Å². The van der Waals surface area contributed by atoms with E-state index in [0.29, 0.717) is 12.1 Å². The molecule has 100 valence electrons. The van der Waals surface area contributed by atoms with Gasteiger partial charge in [0.1, 0.15) is 0 Å². The average molecular weight is 249 g/mol. The van der Waals surface area contributed by atoms with Crippen molar-refractivity contribution in [2.24, 2.45) is 7.05 Å². The van der Waals surface area contributed by atoms with Gasteiger partial charge in [-0.1, -0.05) is 0 Å². The summed E-state index contributed by atoms with van der Waals surface area (Å²) < 4.78 is 7.57. The summed E-state index contributed by atoms with van der Waals surface area (Å²) in [4.78, 5) is 0. The van der Waals surface area contributed by atoms with E-state index in [9.17, 15) is 0 Å². The quantitative estimate of drug-likeness (QED) is 0.871. The summed E-state index contributed by atoms with van der Waals surface area (Å²) in [5, 5.41) is 8.25. The third kappa shape index (κ3) is 2.45. The maximum atomic E-state index is 5.53. The van der Waals surface area contributed by atoms with Crippen LogP contribution >= 0.6 is 0 Å². The van der Waals surface area contributed by atoms with E-state index >= 15 is 0 Å². The van der Waals surface area contributed by atoms with E-state index < -0.39 is 0 Å². The van der Waals surface area contributed by atoms with Crippen LogP contribution in [0.1, 0.15) is 49.4 Å². The molecule has 0 radical (unpaired) electrons. The molecular formula is C14H23N3O. The highest BCUT2D eigenvalue weighted by molar-refractivity contribution is 5.24. The summed E-state index contributed by atoms with van der Waals surface area (Å²) in [5.74, 6) is 0. The Labute approximate surface area is 109 Å². The van der Waals surface area contributed by atoms with E-state index in [1.807, 2.05) is 4.68 Å². The normalized spacial score (nSPS) is 28.7. The molecule has 2 unspecified atom stereocenters. The maximum Gasteiger partial charge on any atom is 0.0540 e. The van der Waals surface area contributed by atoms with Gasteiger partial charge in [0.05, 0.1) is 6.20 Å². The number of hydrogen-bond acceptors (Lipinski definition) is 3. The minimum Gasteiger partial charge on any atom is -0.381 e. The minimum atomic E-state index is 0.505. The van der Waals surface area contributed by atoms with Gasteiger partial charge in [-0.05, 0) is 38.5 Å². The molecule has 2 atom stereocenters. The predicted octanol–water partition coefficient (Wildman–Crippen LogP) is 1.96. The minimum absolute atomic E-state index is 0.505. The molecule has 1 fully saturated rings. The fraction of sp³-hybridized carbons (Fsp3) is 0.786. The van der Waals surface area contributed by atoms with Crippen LogP contribution in [-0.2, 0) is 18.2 Å². The summed E-state index contributed by atoms with van der Waals surface area (Å²) in [7, 11) is 2.06. The first-order valence-corrected chi connectivity index (χ1v) is 7.19. The van der Waals surface area contributed by atoms with E-state index in [1.165, 1.54) is 43.4 Å². The van der Waals surface area contributed by atoms with Crippen LogP contribution in [0.5, 0.6) is 0 Å². The fourth-order valence-electron chi connectivity index (χ4n) is 3.23. The lowest BCUT2D eigenvalue weighted by molar-refractivity contribution is 0.142. The molecule has 4 nitrogen and oxygen atoms in total. The largest absolute Gasteiger partial charge is 0.381 e. The van der Waals surface area contributed by atoms with E-state index in [0.717, 1.165) is 19.6 Å². The van der Waals surface area contributed by atoms with Crippen molar-refractivity contribution in [2.45, 2.75) is 50.6 Å². The molecule has 0 saturated carbocycles. The molecule has 2 aliphatic rings. The van der Waals surface area contributed by atoms with Crippen LogP contribution in [0.25, 0.3) is 0 Å². The number of fused-ring (bicyclic) bond motifs is 1. The van der Waals surface area contributed by atoms with E-state index in [2.05, 4.69) is 23.7 Å². The Bertz CT molecular complexity index is 394. The Kier molecular flexibility index (Phi) is 3.66. The highest BCUT2D eigenvalue weighted by atomic mass is 16.5. The van der Waals surface area contributed by atoms with E-state index in [-0.39, 0.29) is 0 Å². The number of ether oxygens (including phenoxy) is 1. The molecule has 1 saturated heterocycles. The van der Waals surface area contributed by atoms with Gasteiger partial charge in [0.15, 0.2) is 0 Å². The first kappa shape index (κ1) is 12.2. The van der Waals surface area contributed by atoms with E-state index in [4.69, 9.17) is 4.74 Å². The predicted molar refractivity (Wildman–Crippen MR) is 70.5 cm³/mol. The zero-order valence-electron chi connectivity index (χ0n) is 11.2. The summed E-state index contributed by atoms with van der Waals surface area (Å²) in [6.45, 7) is 1.84. The molecule has 0 amide bonds. The smallest absolute Gasteiger partial charge is 0.0540 e. The molecule has 2 heterocycles. The number of nitrogens with one attached hydrogen (secondary N) is 1. The van der Waals surface area contributed by atoms with Gasteiger partial charge in [0, 0.05) is 43.6 Å². The van der Waals surface area contributed by atoms with Gasteiger partial charge in [-0.15, -0.1) is 0 Å². The van der Waals surface area contributed by atoms with Gasteiger partial charge in [-0.3, -0.25) is 4.68 Å². The molecule has 4 heteroatoms. The Morgan fingerprint density at radius 1 is 1.28 bits per heavy atom. The lowest BCUT2D eigenvalue weighted by Gasteiger charge is -2.28. The molecule has 1 N–H and O–H groups in total. The standard InChI is InChI=1S/C14H23N3O/c1-17-14-6-2-5-13(12(14)10-15-17)16-11-4-3-8-18-9-7-11/h10-11,13,16H,2-9H2,1H3. The van der Waals surface area contributed by atoms with Crippen LogP contribution < -0.4 is 5.32 Å². The molecule has 1 aromatic rings. The van der Waals surface area contributed by atoms with Crippen molar-refractivity contribution in [3.05, 3.63) is 17.5 Å². The number of hydrogen-bond donors (Lipinski definition) is 1. The highest BCUT2D eigenvalue weighted by Crippen LogP contribution is 2.30. The number of nitrogens with zero attached hydrogens (tertiary/aromatic N) is 2. The van der Waals surface area contributed by atoms with Gasteiger partial charge >= 0.3 is 0 Å². The lowest BCUT2D eigenvalue weighted by atomic mass is 9.92. The van der Waals surface area contributed by atoms with Crippen LogP contribution in [0.4, 0.5) is 0 Å².